The van der Waals surface area contributed by atoms with Crippen LogP contribution in [-0.4, -0.2) is 25.0 Å². The van der Waals surface area contributed by atoms with Crippen molar-refractivity contribution >= 4 is 17.5 Å². The Morgan fingerprint density at radius 1 is 1.20 bits per heavy atom. The highest BCUT2D eigenvalue weighted by atomic mass is 19.1. The second-order valence-electron chi connectivity index (χ2n) is 5.84. The highest BCUT2D eigenvalue weighted by Crippen LogP contribution is 2.23. The van der Waals surface area contributed by atoms with E-state index >= 15 is 0 Å². The standard InChI is InChI=1S/C19H19FN2O3/c20-15-4-1-3-14(11-15)12-21-18(23)13-25-17-8-6-16(7-9-17)22-10-2-5-19(22)24/h1,3-4,6-9,11H,2,5,10,12-13H2,(H,21,23). The van der Waals surface area contributed by atoms with Crippen molar-refractivity contribution in [1.82, 2.24) is 5.32 Å². The fraction of sp³-hybridized carbons (Fsp3) is 0.263. The Hall–Kier alpha value is -2.89. The molecule has 130 valence electrons. The molecule has 1 aliphatic rings. The average molecular weight is 342 g/mol. The van der Waals surface area contributed by atoms with Crippen LogP contribution in [0.4, 0.5) is 10.1 Å². The average Bonchev–Trinajstić information content (AvgIpc) is 3.05. The Morgan fingerprint density at radius 3 is 2.68 bits per heavy atom. The second-order valence-corrected chi connectivity index (χ2v) is 5.84. The highest BCUT2D eigenvalue weighted by molar-refractivity contribution is 5.95. The maximum atomic E-state index is 13.1. The molecule has 6 heteroatoms. The predicted octanol–water partition coefficient (Wildman–Crippen LogP) is 2.65. The summed E-state index contributed by atoms with van der Waals surface area (Å²) in [7, 11) is 0. The first-order chi connectivity index (χ1) is 12.1. The van der Waals surface area contributed by atoms with Crippen LogP contribution < -0.4 is 15.0 Å². The van der Waals surface area contributed by atoms with Crippen molar-refractivity contribution in [2.75, 3.05) is 18.1 Å². The summed E-state index contributed by atoms with van der Waals surface area (Å²) in [6.45, 7) is 0.856. The van der Waals surface area contributed by atoms with Crippen molar-refractivity contribution in [3.63, 3.8) is 0 Å². The van der Waals surface area contributed by atoms with Gasteiger partial charge in [0.05, 0.1) is 0 Å². The Labute approximate surface area is 145 Å². The third-order valence-corrected chi connectivity index (χ3v) is 3.97. The van der Waals surface area contributed by atoms with Gasteiger partial charge >= 0.3 is 0 Å². The minimum atomic E-state index is -0.334. The van der Waals surface area contributed by atoms with Crippen LogP contribution >= 0.6 is 0 Å². The van der Waals surface area contributed by atoms with Crippen molar-refractivity contribution < 1.29 is 18.7 Å². The Kier molecular flexibility index (Phi) is 5.28. The Bertz CT molecular complexity index is 762. The van der Waals surface area contributed by atoms with Gasteiger partial charge in [-0.15, -0.1) is 0 Å². The Balaban J connectivity index is 1.46. The molecule has 5 nitrogen and oxygen atoms in total. The van der Waals surface area contributed by atoms with Gasteiger partial charge in [-0.3, -0.25) is 9.59 Å². The monoisotopic (exact) mass is 342 g/mol. The second kappa shape index (κ2) is 7.79. The smallest absolute Gasteiger partial charge is 0.258 e. The van der Waals surface area contributed by atoms with Crippen molar-refractivity contribution in [1.29, 1.82) is 0 Å². The maximum absolute atomic E-state index is 13.1. The molecule has 0 spiro atoms. The molecule has 2 aromatic carbocycles. The van der Waals surface area contributed by atoms with Crippen LogP contribution in [0.15, 0.2) is 48.5 Å². The van der Waals surface area contributed by atoms with Gasteiger partial charge < -0.3 is 15.0 Å². The molecule has 1 N–H and O–H groups in total. The van der Waals surface area contributed by atoms with Gasteiger partial charge in [0.15, 0.2) is 6.61 Å². The summed E-state index contributed by atoms with van der Waals surface area (Å²) in [6.07, 6.45) is 1.46. The van der Waals surface area contributed by atoms with Gasteiger partial charge in [0.25, 0.3) is 5.91 Å². The summed E-state index contributed by atoms with van der Waals surface area (Å²) in [6, 6.07) is 13.2. The summed E-state index contributed by atoms with van der Waals surface area (Å²) in [4.78, 5) is 25.3. The fourth-order valence-corrected chi connectivity index (χ4v) is 2.69. The number of benzene rings is 2. The van der Waals surface area contributed by atoms with E-state index in [1.54, 1.807) is 29.2 Å². The summed E-state index contributed by atoms with van der Waals surface area (Å²) in [5, 5.41) is 2.67. The lowest BCUT2D eigenvalue weighted by atomic mass is 10.2. The predicted molar refractivity (Wildman–Crippen MR) is 91.8 cm³/mol. The molecule has 0 bridgehead atoms. The van der Waals surface area contributed by atoms with Crippen LogP contribution in [0.2, 0.25) is 0 Å². The minimum Gasteiger partial charge on any atom is -0.484 e. The van der Waals surface area contributed by atoms with Crippen LogP contribution in [0.3, 0.4) is 0 Å². The molecule has 0 aromatic heterocycles. The summed E-state index contributed by atoms with van der Waals surface area (Å²) in [5.74, 6) is 0.0596. The first-order valence-electron chi connectivity index (χ1n) is 8.16. The molecular formula is C19H19FN2O3. The highest BCUT2D eigenvalue weighted by Gasteiger charge is 2.21. The number of halogens is 1. The third-order valence-electron chi connectivity index (χ3n) is 3.97. The molecule has 1 fully saturated rings. The molecule has 0 aliphatic carbocycles. The van der Waals surface area contributed by atoms with Gasteiger partial charge in [-0.05, 0) is 48.4 Å². The molecule has 0 radical (unpaired) electrons. The molecule has 0 atom stereocenters. The molecule has 0 saturated carbocycles. The molecule has 0 unspecified atom stereocenters. The van der Waals surface area contributed by atoms with Gasteiger partial charge in [0.2, 0.25) is 5.91 Å². The first-order valence-corrected chi connectivity index (χ1v) is 8.16. The van der Waals surface area contributed by atoms with E-state index in [4.69, 9.17) is 4.74 Å². The molecule has 1 aliphatic heterocycles. The molecule has 1 saturated heterocycles. The largest absolute Gasteiger partial charge is 0.484 e. The van der Waals surface area contributed by atoms with Crippen LogP contribution in [0.5, 0.6) is 5.75 Å². The first kappa shape index (κ1) is 17.0. The number of carbonyl (C=O) groups excluding carboxylic acids is 2. The molecule has 25 heavy (non-hydrogen) atoms. The number of hydrogen-bond acceptors (Lipinski definition) is 3. The van der Waals surface area contributed by atoms with Crippen molar-refractivity contribution in [2.24, 2.45) is 0 Å². The normalized spacial score (nSPS) is 13.8. The zero-order valence-electron chi connectivity index (χ0n) is 13.7. The van der Waals surface area contributed by atoms with Crippen molar-refractivity contribution in [3.05, 3.63) is 59.9 Å². The van der Waals surface area contributed by atoms with Gasteiger partial charge in [0.1, 0.15) is 11.6 Å². The van der Waals surface area contributed by atoms with Crippen molar-refractivity contribution in [2.45, 2.75) is 19.4 Å². The fourth-order valence-electron chi connectivity index (χ4n) is 2.69. The number of amides is 2. The molecule has 1 heterocycles. The number of carbonyl (C=O) groups is 2. The van der Waals surface area contributed by atoms with Crippen molar-refractivity contribution in [3.8, 4) is 5.75 Å². The zero-order chi connectivity index (χ0) is 17.6. The number of hydrogen-bond donors (Lipinski definition) is 1. The van der Waals surface area contributed by atoms with E-state index in [2.05, 4.69) is 5.32 Å². The number of anilines is 1. The van der Waals surface area contributed by atoms with E-state index in [1.165, 1.54) is 12.1 Å². The molecular weight excluding hydrogens is 323 g/mol. The van der Waals surface area contributed by atoms with Gasteiger partial charge in [-0.25, -0.2) is 4.39 Å². The number of nitrogens with one attached hydrogen (secondary N) is 1. The zero-order valence-corrected chi connectivity index (χ0v) is 13.7. The van der Waals surface area contributed by atoms with Crippen LogP contribution in [0.1, 0.15) is 18.4 Å². The van der Waals surface area contributed by atoms with E-state index in [9.17, 15) is 14.0 Å². The lowest BCUT2D eigenvalue weighted by molar-refractivity contribution is -0.123. The number of ether oxygens (including phenoxy) is 1. The van der Waals surface area contributed by atoms with E-state index < -0.39 is 0 Å². The van der Waals surface area contributed by atoms with E-state index in [0.717, 1.165) is 18.7 Å². The summed E-state index contributed by atoms with van der Waals surface area (Å²) >= 11 is 0. The Morgan fingerprint density at radius 2 is 2.00 bits per heavy atom. The number of nitrogens with zero attached hydrogens (tertiary/aromatic N) is 1. The summed E-state index contributed by atoms with van der Waals surface area (Å²) < 4.78 is 18.5. The van der Waals surface area contributed by atoms with E-state index in [-0.39, 0.29) is 30.8 Å². The maximum Gasteiger partial charge on any atom is 0.258 e. The van der Waals surface area contributed by atoms with Gasteiger partial charge in [-0.2, -0.15) is 0 Å². The lowest BCUT2D eigenvalue weighted by Gasteiger charge is -2.16. The molecule has 2 amide bonds. The summed E-state index contributed by atoms with van der Waals surface area (Å²) in [5.41, 5.74) is 1.53. The van der Waals surface area contributed by atoms with Gasteiger partial charge in [0, 0.05) is 25.2 Å². The van der Waals surface area contributed by atoms with Crippen LogP contribution in [0.25, 0.3) is 0 Å². The van der Waals surface area contributed by atoms with E-state index in [1.807, 2.05) is 12.1 Å². The van der Waals surface area contributed by atoms with E-state index in [0.29, 0.717) is 17.7 Å². The minimum absolute atomic E-state index is 0.128. The topological polar surface area (TPSA) is 58.6 Å². The van der Waals surface area contributed by atoms with Crippen LogP contribution in [0, 0.1) is 5.82 Å². The number of rotatable bonds is 6. The molecule has 3 rings (SSSR count). The molecule has 2 aromatic rings. The lowest BCUT2D eigenvalue weighted by Crippen LogP contribution is -2.28. The quantitative estimate of drug-likeness (QED) is 0.878. The van der Waals surface area contributed by atoms with Gasteiger partial charge in [-0.1, -0.05) is 12.1 Å². The third kappa shape index (κ3) is 4.56. The van der Waals surface area contributed by atoms with Crippen LogP contribution in [-0.2, 0) is 16.1 Å². The SMILES string of the molecule is O=C(COc1ccc(N2CCCC2=O)cc1)NCc1cccc(F)c1.